The summed E-state index contributed by atoms with van der Waals surface area (Å²) in [4.78, 5) is 12.2. The number of aryl methyl sites for hydroxylation is 1. The lowest BCUT2D eigenvalue weighted by molar-refractivity contribution is -0.118. The van der Waals surface area contributed by atoms with E-state index in [4.69, 9.17) is 9.15 Å². The number of nitrogens with one attached hydrogen (secondary N) is 1. The fourth-order valence-corrected chi connectivity index (χ4v) is 3.02. The molecule has 0 spiro atoms. The Morgan fingerprint density at radius 2 is 1.77 bits per heavy atom. The van der Waals surface area contributed by atoms with Crippen molar-refractivity contribution >= 4 is 33.5 Å². The molecule has 4 nitrogen and oxygen atoms in total. The molecular weight excluding hydrogens is 326 g/mol. The minimum Gasteiger partial charge on any atom is -0.484 e. The van der Waals surface area contributed by atoms with Gasteiger partial charge in [-0.05, 0) is 55.3 Å². The summed E-state index contributed by atoms with van der Waals surface area (Å²) in [6, 6.07) is 19.3. The first-order valence-corrected chi connectivity index (χ1v) is 8.52. The van der Waals surface area contributed by atoms with Crippen molar-refractivity contribution in [1.82, 2.24) is 0 Å². The summed E-state index contributed by atoms with van der Waals surface area (Å²) in [7, 11) is 0. The van der Waals surface area contributed by atoms with Gasteiger partial charge in [0.15, 0.2) is 6.61 Å². The first kappa shape index (κ1) is 16.2. The van der Waals surface area contributed by atoms with E-state index in [1.807, 2.05) is 74.5 Å². The van der Waals surface area contributed by atoms with Gasteiger partial charge in [0.25, 0.3) is 5.91 Å². The highest BCUT2D eigenvalue weighted by molar-refractivity contribution is 6.05. The summed E-state index contributed by atoms with van der Waals surface area (Å²) in [6.45, 7) is 3.96. The summed E-state index contributed by atoms with van der Waals surface area (Å²) in [5.74, 6) is 0.455. The standard InChI is InChI=1S/C22H19NO3/c1-14-6-5-8-19(15(14)2)23-22(24)13-25-16-10-11-21-18(12-16)17-7-3-4-9-20(17)26-21/h3-12H,13H2,1-2H3,(H,23,24). The zero-order valence-electron chi connectivity index (χ0n) is 14.7. The van der Waals surface area contributed by atoms with Gasteiger partial charge in [0.1, 0.15) is 16.9 Å². The van der Waals surface area contributed by atoms with E-state index in [-0.39, 0.29) is 12.5 Å². The third kappa shape index (κ3) is 3.02. The Kier molecular flexibility index (Phi) is 4.09. The zero-order valence-corrected chi connectivity index (χ0v) is 14.7. The second-order valence-corrected chi connectivity index (χ2v) is 6.34. The molecule has 3 aromatic carbocycles. The lowest BCUT2D eigenvalue weighted by Gasteiger charge is -2.11. The number of amides is 1. The summed E-state index contributed by atoms with van der Waals surface area (Å²) in [5, 5.41) is 4.92. The molecule has 1 amide bonds. The molecule has 0 fully saturated rings. The summed E-state index contributed by atoms with van der Waals surface area (Å²) in [5.41, 5.74) is 4.66. The van der Waals surface area contributed by atoms with Crippen molar-refractivity contribution in [3.05, 3.63) is 71.8 Å². The molecule has 26 heavy (non-hydrogen) atoms. The first-order chi connectivity index (χ1) is 12.6. The van der Waals surface area contributed by atoms with E-state index in [1.54, 1.807) is 0 Å². The van der Waals surface area contributed by atoms with Crippen LogP contribution in [0.4, 0.5) is 5.69 Å². The van der Waals surface area contributed by atoms with Crippen LogP contribution in [-0.4, -0.2) is 12.5 Å². The molecule has 0 bridgehead atoms. The number of rotatable bonds is 4. The predicted molar refractivity (Wildman–Crippen MR) is 104 cm³/mol. The van der Waals surface area contributed by atoms with Crippen LogP contribution >= 0.6 is 0 Å². The average Bonchev–Trinajstić information content (AvgIpc) is 3.02. The van der Waals surface area contributed by atoms with E-state index in [0.717, 1.165) is 38.8 Å². The number of carbonyl (C=O) groups excluding carboxylic acids is 1. The third-order valence-electron chi connectivity index (χ3n) is 4.60. The predicted octanol–water partition coefficient (Wildman–Crippen LogP) is 5.22. The number of hydrogen-bond acceptors (Lipinski definition) is 3. The first-order valence-electron chi connectivity index (χ1n) is 8.52. The number of hydrogen-bond donors (Lipinski definition) is 1. The van der Waals surface area contributed by atoms with Crippen molar-refractivity contribution in [2.45, 2.75) is 13.8 Å². The van der Waals surface area contributed by atoms with Gasteiger partial charge in [0, 0.05) is 16.5 Å². The van der Waals surface area contributed by atoms with E-state index in [1.165, 1.54) is 0 Å². The van der Waals surface area contributed by atoms with E-state index < -0.39 is 0 Å². The molecule has 130 valence electrons. The van der Waals surface area contributed by atoms with Crippen LogP contribution in [0.25, 0.3) is 21.9 Å². The Bertz CT molecular complexity index is 1110. The smallest absolute Gasteiger partial charge is 0.262 e. The second-order valence-electron chi connectivity index (χ2n) is 6.34. The molecule has 1 N–H and O–H groups in total. The SMILES string of the molecule is Cc1cccc(NC(=O)COc2ccc3oc4ccccc4c3c2)c1C. The molecule has 4 heteroatoms. The minimum absolute atomic E-state index is 0.0470. The third-order valence-corrected chi connectivity index (χ3v) is 4.60. The molecule has 4 aromatic rings. The molecular formula is C22H19NO3. The van der Waals surface area contributed by atoms with Crippen molar-refractivity contribution in [2.75, 3.05) is 11.9 Å². The van der Waals surface area contributed by atoms with Crippen LogP contribution in [0.3, 0.4) is 0 Å². The van der Waals surface area contributed by atoms with Crippen LogP contribution in [0, 0.1) is 13.8 Å². The minimum atomic E-state index is -0.184. The van der Waals surface area contributed by atoms with Crippen molar-refractivity contribution < 1.29 is 13.9 Å². The molecule has 0 atom stereocenters. The molecule has 0 unspecified atom stereocenters. The number of ether oxygens (including phenoxy) is 1. The molecule has 0 aliphatic heterocycles. The number of para-hydroxylation sites is 1. The average molecular weight is 345 g/mol. The highest BCUT2D eigenvalue weighted by atomic mass is 16.5. The highest BCUT2D eigenvalue weighted by Crippen LogP contribution is 2.31. The zero-order chi connectivity index (χ0) is 18.1. The van der Waals surface area contributed by atoms with E-state index >= 15 is 0 Å². The molecule has 0 radical (unpaired) electrons. The molecule has 1 aromatic heterocycles. The number of carbonyl (C=O) groups is 1. The monoisotopic (exact) mass is 345 g/mol. The highest BCUT2D eigenvalue weighted by Gasteiger charge is 2.10. The molecule has 4 rings (SSSR count). The van der Waals surface area contributed by atoms with Gasteiger partial charge in [0.2, 0.25) is 0 Å². The van der Waals surface area contributed by atoms with E-state index in [0.29, 0.717) is 5.75 Å². The summed E-state index contributed by atoms with van der Waals surface area (Å²) >= 11 is 0. The van der Waals surface area contributed by atoms with Gasteiger partial charge in [-0.15, -0.1) is 0 Å². The quantitative estimate of drug-likeness (QED) is 0.552. The van der Waals surface area contributed by atoms with Crippen molar-refractivity contribution in [2.24, 2.45) is 0 Å². The second kappa shape index (κ2) is 6.56. The fraction of sp³-hybridized carbons (Fsp3) is 0.136. The lowest BCUT2D eigenvalue weighted by Crippen LogP contribution is -2.20. The van der Waals surface area contributed by atoms with Gasteiger partial charge in [-0.3, -0.25) is 4.79 Å². The van der Waals surface area contributed by atoms with E-state index in [9.17, 15) is 4.79 Å². The van der Waals surface area contributed by atoms with Gasteiger partial charge in [0.05, 0.1) is 0 Å². The Labute approximate surface area is 151 Å². The number of benzene rings is 3. The molecule has 0 aliphatic rings. The van der Waals surface area contributed by atoms with Crippen LogP contribution in [0.1, 0.15) is 11.1 Å². The van der Waals surface area contributed by atoms with Gasteiger partial charge in [-0.25, -0.2) is 0 Å². The van der Waals surface area contributed by atoms with Gasteiger partial charge < -0.3 is 14.5 Å². The molecule has 0 saturated heterocycles. The van der Waals surface area contributed by atoms with Crippen LogP contribution < -0.4 is 10.1 Å². The van der Waals surface area contributed by atoms with Crippen LogP contribution in [0.2, 0.25) is 0 Å². The Balaban J connectivity index is 1.49. The summed E-state index contributed by atoms with van der Waals surface area (Å²) < 4.78 is 11.5. The maximum atomic E-state index is 12.2. The normalized spacial score (nSPS) is 11.0. The fourth-order valence-electron chi connectivity index (χ4n) is 3.02. The largest absolute Gasteiger partial charge is 0.484 e. The summed E-state index contributed by atoms with van der Waals surface area (Å²) in [6.07, 6.45) is 0. The van der Waals surface area contributed by atoms with Gasteiger partial charge in [-0.2, -0.15) is 0 Å². The van der Waals surface area contributed by atoms with Crippen molar-refractivity contribution in [3.63, 3.8) is 0 Å². The van der Waals surface area contributed by atoms with Crippen molar-refractivity contribution in [3.8, 4) is 5.75 Å². The maximum absolute atomic E-state index is 12.2. The Morgan fingerprint density at radius 3 is 2.65 bits per heavy atom. The Hall–Kier alpha value is -3.27. The molecule has 0 aliphatic carbocycles. The number of anilines is 1. The van der Waals surface area contributed by atoms with Gasteiger partial charge >= 0.3 is 0 Å². The van der Waals surface area contributed by atoms with Crippen LogP contribution in [0.15, 0.2) is 65.1 Å². The van der Waals surface area contributed by atoms with Crippen LogP contribution in [-0.2, 0) is 4.79 Å². The van der Waals surface area contributed by atoms with Gasteiger partial charge in [-0.1, -0.05) is 30.3 Å². The molecule has 0 saturated carbocycles. The van der Waals surface area contributed by atoms with E-state index in [2.05, 4.69) is 5.32 Å². The maximum Gasteiger partial charge on any atom is 0.262 e. The Morgan fingerprint density at radius 1 is 0.962 bits per heavy atom. The van der Waals surface area contributed by atoms with Crippen LogP contribution in [0.5, 0.6) is 5.75 Å². The topological polar surface area (TPSA) is 51.5 Å². The molecule has 1 heterocycles. The lowest BCUT2D eigenvalue weighted by atomic mass is 10.1. The number of furan rings is 1. The van der Waals surface area contributed by atoms with Crippen molar-refractivity contribution in [1.29, 1.82) is 0 Å². The number of fused-ring (bicyclic) bond motifs is 3.